The predicted octanol–water partition coefficient (Wildman–Crippen LogP) is 3.42. The molecule has 1 N–H and O–H groups in total. The highest BCUT2D eigenvalue weighted by Crippen LogP contribution is 2.25. The molecule has 1 aromatic rings. The summed E-state index contributed by atoms with van der Waals surface area (Å²) in [6, 6.07) is 8.68. The van der Waals surface area contributed by atoms with Crippen molar-refractivity contribution in [2.24, 2.45) is 5.92 Å². The summed E-state index contributed by atoms with van der Waals surface area (Å²) in [4.78, 5) is 23.7. The van der Waals surface area contributed by atoms with Crippen LogP contribution >= 0.6 is 0 Å². The molecule has 2 rings (SSSR count). The van der Waals surface area contributed by atoms with Crippen LogP contribution in [0.3, 0.4) is 0 Å². The van der Waals surface area contributed by atoms with Crippen LogP contribution in [0.15, 0.2) is 30.3 Å². The predicted molar refractivity (Wildman–Crippen MR) is 86.7 cm³/mol. The molecule has 0 aromatic heterocycles. The molecule has 1 amide bonds. The van der Waals surface area contributed by atoms with Crippen molar-refractivity contribution in [2.45, 2.75) is 58.3 Å². The number of rotatable bonds is 5. The Kier molecular flexibility index (Phi) is 6.44. The molecule has 1 saturated carbocycles. The number of amides is 1. The van der Waals surface area contributed by atoms with Crippen molar-refractivity contribution in [3.63, 3.8) is 0 Å². The van der Waals surface area contributed by atoms with Gasteiger partial charge >= 0.3 is 12.1 Å². The largest absolute Gasteiger partial charge is 0.461 e. The number of ether oxygens (including phenoxy) is 2. The maximum Gasteiger partial charge on any atom is 0.408 e. The summed E-state index contributed by atoms with van der Waals surface area (Å²) in [7, 11) is 0. The van der Waals surface area contributed by atoms with E-state index in [1.54, 1.807) is 6.92 Å². The highest BCUT2D eigenvalue weighted by molar-refractivity contribution is 5.81. The minimum Gasteiger partial charge on any atom is -0.461 e. The Morgan fingerprint density at radius 2 is 1.83 bits per heavy atom. The standard InChI is InChI=1S/C18H25NO4/c1-13-8-10-16(11-9-13)23-17(20)14(2)19-18(21)22-12-15-6-4-3-5-7-15/h3-7,13-14,16H,8-12H2,1-2H3,(H,19,21)/t13?,14-,16?/m0/s1. The molecule has 0 heterocycles. The average molecular weight is 319 g/mol. The molecule has 0 spiro atoms. The van der Waals surface area contributed by atoms with Crippen LogP contribution in [0.1, 0.15) is 45.1 Å². The molecule has 0 aliphatic heterocycles. The van der Waals surface area contributed by atoms with Gasteiger partial charge in [-0.05, 0) is 44.1 Å². The lowest BCUT2D eigenvalue weighted by Gasteiger charge is -2.27. The van der Waals surface area contributed by atoms with E-state index in [9.17, 15) is 9.59 Å². The van der Waals surface area contributed by atoms with E-state index in [0.717, 1.165) is 31.2 Å². The fourth-order valence-corrected chi connectivity index (χ4v) is 2.61. The van der Waals surface area contributed by atoms with Gasteiger partial charge in [-0.2, -0.15) is 0 Å². The van der Waals surface area contributed by atoms with Gasteiger partial charge < -0.3 is 14.8 Å². The third-order valence-corrected chi connectivity index (χ3v) is 4.15. The first-order valence-electron chi connectivity index (χ1n) is 8.22. The summed E-state index contributed by atoms with van der Waals surface area (Å²) in [6.45, 7) is 4.00. The lowest BCUT2D eigenvalue weighted by atomic mass is 9.89. The summed E-state index contributed by atoms with van der Waals surface area (Å²) in [6.07, 6.45) is 3.33. The maximum atomic E-state index is 12.0. The van der Waals surface area contributed by atoms with Crippen molar-refractivity contribution < 1.29 is 19.1 Å². The van der Waals surface area contributed by atoms with Crippen LogP contribution in [0.4, 0.5) is 4.79 Å². The van der Waals surface area contributed by atoms with E-state index < -0.39 is 18.1 Å². The Balaban J connectivity index is 1.69. The van der Waals surface area contributed by atoms with Crippen molar-refractivity contribution >= 4 is 12.1 Å². The molecule has 0 radical (unpaired) electrons. The number of benzene rings is 1. The van der Waals surface area contributed by atoms with Crippen LogP contribution in [0.5, 0.6) is 0 Å². The van der Waals surface area contributed by atoms with Crippen molar-refractivity contribution in [2.75, 3.05) is 0 Å². The molecule has 5 nitrogen and oxygen atoms in total. The van der Waals surface area contributed by atoms with Crippen LogP contribution < -0.4 is 5.32 Å². The summed E-state index contributed by atoms with van der Waals surface area (Å²) in [5.74, 6) is 0.301. The molecule has 1 aliphatic rings. The quantitative estimate of drug-likeness (QED) is 0.845. The maximum absolute atomic E-state index is 12.0. The monoisotopic (exact) mass is 319 g/mol. The van der Waals surface area contributed by atoms with Gasteiger partial charge in [0.25, 0.3) is 0 Å². The summed E-state index contributed by atoms with van der Waals surface area (Å²) in [5.41, 5.74) is 0.897. The molecule has 5 heteroatoms. The first-order valence-corrected chi connectivity index (χ1v) is 8.22. The highest BCUT2D eigenvalue weighted by Gasteiger charge is 2.25. The van der Waals surface area contributed by atoms with Gasteiger partial charge in [0.1, 0.15) is 18.8 Å². The van der Waals surface area contributed by atoms with Gasteiger partial charge in [0.05, 0.1) is 0 Å². The highest BCUT2D eigenvalue weighted by atomic mass is 16.6. The van der Waals surface area contributed by atoms with Crippen LogP contribution in [0.25, 0.3) is 0 Å². The van der Waals surface area contributed by atoms with E-state index in [0.29, 0.717) is 5.92 Å². The first-order chi connectivity index (χ1) is 11.0. The number of alkyl carbamates (subject to hydrolysis) is 1. The fourth-order valence-electron chi connectivity index (χ4n) is 2.61. The third-order valence-electron chi connectivity index (χ3n) is 4.15. The first kappa shape index (κ1) is 17.3. The molecule has 1 fully saturated rings. The van der Waals surface area contributed by atoms with E-state index in [1.165, 1.54) is 0 Å². The number of nitrogens with one attached hydrogen (secondary N) is 1. The van der Waals surface area contributed by atoms with E-state index in [1.807, 2.05) is 30.3 Å². The number of hydrogen-bond donors (Lipinski definition) is 1. The molecule has 1 aliphatic carbocycles. The summed E-state index contributed by atoms with van der Waals surface area (Å²) >= 11 is 0. The van der Waals surface area contributed by atoms with Gasteiger partial charge in [0, 0.05) is 0 Å². The molecule has 0 bridgehead atoms. The van der Waals surface area contributed by atoms with E-state index in [4.69, 9.17) is 9.47 Å². The van der Waals surface area contributed by atoms with Crippen molar-refractivity contribution in [1.82, 2.24) is 5.32 Å². The second-order valence-corrected chi connectivity index (χ2v) is 6.25. The van der Waals surface area contributed by atoms with Crippen LogP contribution in [0.2, 0.25) is 0 Å². The van der Waals surface area contributed by atoms with Gasteiger partial charge in [0.15, 0.2) is 0 Å². The number of carbonyl (C=O) groups excluding carboxylic acids is 2. The second kappa shape index (κ2) is 8.56. The van der Waals surface area contributed by atoms with Crippen molar-refractivity contribution in [3.05, 3.63) is 35.9 Å². The molecular formula is C18H25NO4. The minimum atomic E-state index is -0.711. The number of esters is 1. The van der Waals surface area contributed by atoms with Crippen LogP contribution in [0, 0.1) is 5.92 Å². The number of hydrogen-bond acceptors (Lipinski definition) is 4. The van der Waals surface area contributed by atoms with Gasteiger partial charge in [-0.15, -0.1) is 0 Å². The van der Waals surface area contributed by atoms with Crippen LogP contribution in [-0.2, 0) is 20.9 Å². The number of carbonyl (C=O) groups is 2. The smallest absolute Gasteiger partial charge is 0.408 e. The topological polar surface area (TPSA) is 64.6 Å². The molecule has 0 saturated heterocycles. The SMILES string of the molecule is CC1CCC(OC(=O)[C@H](C)NC(=O)OCc2ccccc2)CC1. The van der Waals surface area contributed by atoms with E-state index in [-0.39, 0.29) is 12.7 Å². The third kappa shape index (κ3) is 5.93. The molecule has 23 heavy (non-hydrogen) atoms. The Hall–Kier alpha value is -2.04. The zero-order valence-corrected chi connectivity index (χ0v) is 13.8. The minimum absolute atomic E-state index is 0.0247. The molecule has 126 valence electrons. The lowest BCUT2D eigenvalue weighted by molar-refractivity contribution is -0.152. The van der Waals surface area contributed by atoms with Crippen LogP contribution in [-0.4, -0.2) is 24.2 Å². The summed E-state index contributed by atoms with van der Waals surface area (Å²) in [5, 5.41) is 2.51. The van der Waals surface area contributed by atoms with Gasteiger partial charge in [-0.3, -0.25) is 0 Å². The molecule has 0 unspecified atom stereocenters. The zero-order valence-electron chi connectivity index (χ0n) is 13.8. The van der Waals surface area contributed by atoms with Gasteiger partial charge in [-0.1, -0.05) is 37.3 Å². The molecule has 1 atom stereocenters. The fraction of sp³-hybridized carbons (Fsp3) is 0.556. The normalized spacial score (nSPS) is 22.0. The van der Waals surface area contributed by atoms with Gasteiger partial charge in [-0.25, -0.2) is 9.59 Å². The van der Waals surface area contributed by atoms with E-state index >= 15 is 0 Å². The Morgan fingerprint density at radius 1 is 1.17 bits per heavy atom. The Morgan fingerprint density at radius 3 is 2.48 bits per heavy atom. The zero-order chi connectivity index (χ0) is 16.7. The Labute approximate surface area is 137 Å². The van der Waals surface area contributed by atoms with Crippen molar-refractivity contribution in [1.29, 1.82) is 0 Å². The molecular weight excluding hydrogens is 294 g/mol. The lowest BCUT2D eigenvalue weighted by Crippen LogP contribution is -2.41. The van der Waals surface area contributed by atoms with E-state index in [2.05, 4.69) is 12.2 Å². The van der Waals surface area contributed by atoms with Crippen molar-refractivity contribution in [3.8, 4) is 0 Å². The van der Waals surface area contributed by atoms with Gasteiger partial charge in [0.2, 0.25) is 0 Å². The Bertz CT molecular complexity index is 509. The second-order valence-electron chi connectivity index (χ2n) is 6.25. The molecule has 1 aromatic carbocycles. The average Bonchev–Trinajstić information content (AvgIpc) is 2.56. The summed E-state index contributed by atoms with van der Waals surface area (Å²) < 4.78 is 10.6.